The molecule has 2 N–H and O–H groups in total. The molecule has 3 heteroatoms. The van der Waals surface area contributed by atoms with E-state index < -0.39 is 0 Å². The van der Waals surface area contributed by atoms with Crippen LogP contribution in [0.5, 0.6) is 0 Å². The average Bonchev–Trinajstić information content (AvgIpc) is 2.52. The predicted octanol–water partition coefficient (Wildman–Crippen LogP) is 2.79. The molecular formula is C15H30N2O. The number of hydrogen-bond donors (Lipinski definition) is 1. The number of likely N-dealkylation sites (tertiary alicyclic amines) is 1. The largest absolute Gasteiger partial charge is 0.340 e. The van der Waals surface area contributed by atoms with E-state index in [4.69, 9.17) is 5.73 Å². The number of rotatable bonds is 5. The number of amides is 1. The molecule has 0 aromatic rings. The minimum absolute atomic E-state index is 0.320. The van der Waals surface area contributed by atoms with Crippen molar-refractivity contribution in [1.82, 2.24) is 4.90 Å². The summed E-state index contributed by atoms with van der Waals surface area (Å²) in [5.41, 5.74) is 5.79. The first kappa shape index (κ1) is 15.5. The van der Waals surface area contributed by atoms with E-state index in [-0.39, 0.29) is 0 Å². The molecule has 1 fully saturated rings. The van der Waals surface area contributed by atoms with Crippen molar-refractivity contribution in [2.24, 2.45) is 17.6 Å². The zero-order valence-corrected chi connectivity index (χ0v) is 12.3. The molecule has 0 aliphatic carbocycles. The normalized spacial score (nSPS) is 22.9. The van der Waals surface area contributed by atoms with Crippen molar-refractivity contribution in [2.75, 3.05) is 13.1 Å². The number of carbonyl (C=O) groups excluding carboxylic acids is 1. The van der Waals surface area contributed by atoms with Crippen LogP contribution in [-0.4, -0.2) is 29.9 Å². The lowest BCUT2D eigenvalue weighted by Crippen LogP contribution is -2.39. The Morgan fingerprint density at radius 2 is 2.06 bits per heavy atom. The van der Waals surface area contributed by atoms with Gasteiger partial charge in [-0.2, -0.15) is 0 Å². The first-order chi connectivity index (χ1) is 8.54. The molecule has 1 heterocycles. The van der Waals surface area contributed by atoms with Crippen LogP contribution in [0.2, 0.25) is 0 Å². The van der Waals surface area contributed by atoms with Crippen molar-refractivity contribution < 1.29 is 4.79 Å². The summed E-state index contributed by atoms with van der Waals surface area (Å²) in [5.74, 6) is 1.29. The second-order valence-corrected chi connectivity index (χ2v) is 6.22. The molecular weight excluding hydrogens is 224 g/mol. The van der Waals surface area contributed by atoms with Gasteiger partial charge in [-0.15, -0.1) is 0 Å². The maximum absolute atomic E-state index is 12.4. The van der Waals surface area contributed by atoms with Gasteiger partial charge in [0.25, 0.3) is 0 Å². The van der Waals surface area contributed by atoms with Gasteiger partial charge in [0.05, 0.1) is 0 Å². The van der Waals surface area contributed by atoms with Crippen molar-refractivity contribution in [1.29, 1.82) is 0 Å². The van der Waals surface area contributed by atoms with E-state index in [1.165, 1.54) is 12.8 Å². The number of hydrogen-bond acceptors (Lipinski definition) is 2. The standard InChI is InChI=1S/C15H30N2O/c1-12(2)9-14(11-16)10-15(18)17-8-6-4-5-7-13(17)3/h12-14H,4-11,16H2,1-3H3. The highest BCUT2D eigenvalue weighted by atomic mass is 16.2. The summed E-state index contributed by atoms with van der Waals surface area (Å²) in [6.45, 7) is 8.15. The van der Waals surface area contributed by atoms with E-state index in [0.717, 1.165) is 25.8 Å². The highest BCUT2D eigenvalue weighted by molar-refractivity contribution is 5.76. The predicted molar refractivity (Wildman–Crippen MR) is 76.3 cm³/mol. The van der Waals surface area contributed by atoms with Gasteiger partial charge in [-0.25, -0.2) is 0 Å². The van der Waals surface area contributed by atoms with Crippen molar-refractivity contribution in [3.63, 3.8) is 0 Å². The summed E-state index contributed by atoms with van der Waals surface area (Å²) in [6, 6.07) is 0.414. The van der Waals surface area contributed by atoms with Crippen LogP contribution in [0.15, 0.2) is 0 Å². The molecule has 0 aromatic carbocycles. The Morgan fingerprint density at radius 3 is 2.67 bits per heavy atom. The van der Waals surface area contributed by atoms with E-state index in [1.54, 1.807) is 0 Å². The zero-order chi connectivity index (χ0) is 13.5. The molecule has 0 saturated carbocycles. The van der Waals surface area contributed by atoms with E-state index in [1.807, 2.05) is 0 Å². The topological polar surface area (TPSA) is 46.3 Å². The number of nitrogens with two attached hydrogens (primary N) is 1. The molecule has 0 aromatic heterocycles. The molecule has 0 spiro atoms. The Morgan fingerprint density at radius 1 is 1.33 bits per heavy atom. The molecule has 0 radical (unpaired) electrons. The van der Waals surface area contributed by atoms with Crippen LogP contribution in [0, 0.1) is 11.8 Å². The fraction of sp³-hybridized carbons (Fsp3) is 0.933. The number of carbonyl (C=O) groups is 1. The molecule has 1 amide bonds. The third-order valence-corrected chi connectivity index (χ3v) is 3.97. The first-order valence-corrected chi connectivity index (χ1v) is 7.54. The van der Waals surface area contributed by atoms with Crippen LogP contribution >= 0.6 is 0 Å². The van der Waals surface area contributed by atoms with Crippen molar-refractivity contribution in [2.45, 2.75) is 65.3 Å². The first-order valence-electron chi connectivity index (χ1n) is 7.54. The Balaban J connectivity index is 2.50. The zero-order valence-electron chi connectivity index (χ0n) is 12.3. The summed E-state index contributed by atoms with van der Waals surface area (Å²) < 4.78 is 0. The highest BCUT2D eigenvalue weighted by Crippen LogP contribution is 2.20. The Hall–Kier alpha value is -0.570. The van der Waals surface area contributed by atoms with Gasteiger partial charge in [0.15, 0.2) is 0 Å². The summed E-state index contributed by atoms with van der Waals surface area (Å²) in [7, 11) is 0. The van der Waals surface area contributed by atoms with Gasteiger partial charge in [0.1, 0.15) is 0 Å². The highest BCUT2D eigenvalue weighted by Gasteiger charge is 2.24. The lowest BCUT2D eigenvalue weighted by molar-refractivity contribution is -0.134. The molecule has 0 bridgehead atoms. The molecule has 2 unspecified atom stereocenters. The Labute approximate surface area is 112 Å². The molecule has 1 rings (SSSR count). The van der Waals surface area contributed by atoms with Gasteiger partial charge in [-0.05, 0) is 44.6 Å². The molecule has 1 saturated heterocycles. The minimum Gasteiger partial charge on any atom is -0.340 e. The van der Waals surface area contributed by atoms with Crippen LogP contribution in [0.3, 0.4) is 0 Å². The third-order valence-electron chi connectivity index (χ3n) is 3.97. The lowest BCUT2D eigenvalue weighted by atomic mass is 9.93. The van der Waals surface area contributed by atoms with Crippen molar-refractivity contribution >= 4 is 5.91 Å². The second-order valence-electron chi connectivity index (χ2n) is 6.22. The van der Waals surface area contributed by atoms with E-state index in [0.29, 0.717) is 36.8 Å². The summed E-state index contributed by atoms with van der Waals surface area (Å²) in [6.07, 6.45) is 6.54. The maximum atomic E-state index is 12.4. The van der Waals surface area contributed by atoms with E-state index in [2.05, 4.69) is 25.7 Å². The van der Waals surface area contributed by atoms with E-state index in [9.17, 15) is 4.79 Å². The van der Waals surface area contributed by atoms with Gasteiger partial charge in [0.2, 0.25) is 5.91 Å². The fourth-order valence-corrected chi connectivity index (χ4v) is 2.94. The van der Waals surface area contributed by atoms with Crippen LogP contribution in [0.25, 0.3) is 0 Å². The quantitative estimate of drug-likeness (QED) is 0.820. The van der Waals surface area contributed by atoms with Gasteiger partial charge in [-0.1, -0.05) is 26.7 Å². The van der Waals surface area contributed by atoms with Gasteiger partial charge in [0, 0.05) is 19.0 Å². The summed E-state index contributed by atoms with van der Waals surface area (Å²) in [4.78, 5) is 14.5. The molecule has 3 nitrogen and oxygen atoms in total. The molecule has 1 aliphatic rings. The SMILES string of the molecule is CC(C)CC(CN)CC(=O)N1CCCCCC1C. The fourth-order valence-electron chi connectivity index (χ4n) is 2.94. The second kappa shape index (κ2) is 7.78. The van der Waals surface area contributed by atoms with Crippen molar-refractivity contribution in [3.05, 3.63) is 0 Å². The molecule has 18 heavy (non-hydrogen) atoms. The van der Waals surface area contributed by atoms with Crippen LogP contribution in [-0.2, 0) is 4.79 Å². The Kier molecular flexibility index (Phi) is 6.69. The van der Waals surface area contributed by atoms with Crippen LogP contribution in [0.4, 0.5) is 0 Å². The Bertz CT molecular complexity index is 253. The molecule has 106 valence electrons. The van der Waals surface area contributed by atoms with Gasteiger partial charge < -0.3 is 10.6 Å². The van der Waals surface area contributed by atoms with Crippen LogP contribution < -0.4 is 5.73 Å². The maximum Gasteiger partial charge on any atom is 0.223 e. The van der Waals surface area contributed by atoms with Crippen LogP contribution in [0.1, 0.15) is 59.3 Å². The molecule has 1 aliphatic heterocycles. The lowest BCUT2D eigenvalue weighted by Gasteiger charge is -2.29. The third kappa shape index (κ3) is 4.97. The van der Waals surface area contributed by atoms with Crippen molar-refractivity contribution in [3.8, 4) is 0 Å². The summed E-state index contributed by atoms with van der Waals surface area (Å²) in [5, 5.41) is 0. The van der Waals surface area contributed by atoms with Gasteiger partial charge in [-0.3, -0.25) is 4.79 Å². The summed E-state index contributed by atoms with van der Waals surface area (Å²) >= 11 is 0. The average molecular weight is 254 g/mol. The monoisotopic (exact) mass is 254 g/mol. The van der Waals surface area contributed by atoms with Gasteiger partial charge >= 0.3 is 0 Å². The number of nitrogens with zero attached hydrogens (tertiary/aromatic N) is 1. The smallest absolute Gasteiger partial charge is 0.223 e. The minimum atomic E-state index is 0.320. The molecule has 2 atom stereocenters. The van der Waals surface area contributed by atoms with E-state index >= 15 is 0 Å².